The molecule has 1 heterocycles. The van der Waals surface area contributed by atoms with Crippen molar-refractivity contribution in [1.82, 2.24) is 15.0 Å². The zero-order valence-electron chi connectivity index (χ0n) is 9.13. The molecule has 1 fully saturated rings. The van der Waals surface area contributed by atoms with Crippen LogP contribution in [0, 0.1) is 4.77 Å². The van der Waals surface area contributed by atoms with Crippen molar-refractivity contribution in [3.8, 4) is 0 Å². The van der Waals surface area contributed by atoms with Crippen LogP contribution in [0.15, 0.2) is 30.3 Å². The van der Waals surface area contributed by atoms with Gasteiger partial charge in [0.05, 0.1) is 0 Å². The maximum atomic E-state index is 5.64. The lowest BCUT2D eigenvalue weighted by Crippen LogP contribution is -2.02. The van der Waals surface area contributed by atoms with Crippen LogP contribution < -0.4 is 5.73 Å². The summed E-state index contributed by atoms with van der Waals surface area (Å²) in [6, 6.07) is 10.4. The summed E-state index contributed by atoms with van der Waals surface area (Å²) in [5.74, 6) is 2.12. The average Bonchev–Trinajstić information content (AvgIpc) is 3.09. The fourth-order valence-electron chi connectivity index (χ4n) is 2.16. The maximum Gasteiger partial charge on any atom is 0.224 e. The number of nitrogens with two attached hydrogens (primary N) is 1. The van der Waals surface area contributed by atoms with Gasteiger partial charge in [-0.2, -0.15) is 4.98 Å². The van der Waals surface area contributed by atoms with E-state index in [1.807, 2.05) is 6.07 Å². The van der Waals surface area contributed by atoms with Crippen LogP contribution >= 0.6 is 12.2 Å². The first-order chi connectivity index (χ1) is 8.24. The van der Waals surface area contributed by atoms with Gasteiger partial charge in [-0.1, -0.05) is 30.3 Å². The van der Waals surface area contributed by atoms with Gasteiger partial charge in [0.1, 0.15) is 5.82 Å². The Morgan fingerprint density at radius 2 is 1.94 bits per heavy atom. The Morgan fingerprint density at radius 3 is 2.65 bits per heavy atom. The predicted octanol–water partition coefficient (Wildman–Crippen LogP) is 2.39. The van der Waals surface area contributed by atoms with Crippen molar-refractivity contribution in [2.45, 2.75) is 18.3 Å². The second kappa shape index (κ2) is 3.92. The quantitative estimate of drug-likeness (QED) is 0.796. The SMILES string of the molecule is Nc1nc(=S)nc(C2CC2c2ccccc2)[nH]1. The van der Waals surface area contributed by atoms with E-state index in [1.54, 1.807) is 0 Å². The van der Waals surface area contributed by atoms with E-state index in [0.717, 1.165) is 12.2 Å². The molecule has 1 aliphatic rings. The van der Waals surface area contributed by atoms with Crippen LogP contribution in [0.25, 0.3) is 0 Å². The Kier molecular flexibility index (Phi) is 2.40. The van der Waals surface area contributed by atoms with Crippen LogP contribution in [0.4, 0.5) is 5.95 Å². The van der Waals surface area contributed by atoms with E-state index in [1.165, 1.54) is 5.56 Å². The van der Waals surface area contributed by atoms with Gasteiger partial charge in [-0.25, -0.2) is 4.98 Å². The number of aromatic amines is 1. The Hall–Kier alpha value is -1.75. The molecule has 5 heteroatoms. The smallest absolute Gasteiger partial charge is 0.224 e. The fraction of sp³-hybridized carbons (Fsp3) is 0.250. The Balaban J connectivity index is 1.87. The van der Waals surface area contributed by atoms with Crippen LogP contribution in [0.2, 0.25) is 0 Å². The van der Waals surface area contributed by atoms with E-state index in [4.69, 9.17) is 18.0 Å². The molecule has 0 spiro atoms. The largest absolute Gasteiger partial charge is 0.369 e. The van der Waals surface area contributed by atoms with Crippen molar-refractivity contribution in [2.24, 2.45) is 0 Å². The topological polar surface area (TPSA) is 67.6 Å². The number of nitrogens with zero attached hydrogens (tertiary/aromatic N) is 2. The highest BCUT2D eigenvalue weighted by Gasteiger charge is 2.41. The van der Waals surface area contributed by atoms with Crippen molar-refractivity contribution in [1.29, 1.82) is 0 Å². The summed E-state index contributed by atoms with van der Waals surface area (Å²) in [7, 11) is 0. The molecule has 1 aromatic carbocycles. The Bertz CT molecular complexity index is 593. The minimum atomic E-state index is 0.315. The molecule has 1 aromatic heterocycles. The monoisotopic (exact) mass is 244 g/mol. The van der Waals surface area contributed by atoms with Crippen LogP contribution in [0.5, 0.6) is 0 Å². The summed E-state index contributed by atoms with van der Waals surface area (Å²) in [4.78, 5) is 11.1. The third-order valence-corrected chi connectivity index (χ3v) is 3.24. The number of nitrogens with one attached hydrogen (secondary N) is 1. The van der Waals surface area contributed by atoms with Gasteiger partial charge in [0.25, 0.3) is 0 Å². The number of aromatic nitrogens is 3. The number of anilines is 1. The highest BCUT2D eigenvalue weighted by atomic mass is 32.1. The van der Waals surface area contributed by atoms with Crippen molar-refractivity contribution in [3.05, 3.63) is 46.5 Å². The average molecular weight is 244 g/mol. The summed E-state index contributed by atoms with van der Waals surface area (Å²) in [6.45, 7) is 0. The van der Waals surface area contributed by atoms with Gasteiger partial charge in [0.15, 0.2) is 0 Å². The summed E-state index contributed by atoms with van der Waals surface area (Å²) < 4.78 is 0.315. The van der Waals surface area contributed by atoms with E-state index in [9.17, 15) is 0 Å². The van der Waals surface area contributed by atoms with E-state index in [-0.39, 0.29) is 0 Å². The second-order valence-electron chi connectivity index (χ2n) is 4.26. The standard InChI is InChI=1S/C12H12N4S/c13-11-14-10(15-12(17)16-11)9-6-8(9)7-4-2-1-3-5-7/h1-5,8-9H,6H2,(H3,13,14,15,16,17). The van der Waals surface area contributed by atoms with Crippen LogP contribution in [0.3, 0.4) is 0 Å². The van der Waals surface area contributed by atoms with Gasteiger partial charge in [-0.15, -0.1) is 0 Å². The molecular formula is C12H12N4S. The van der Waals surface area contributed by atoms with Gasteiger partial charge in [0, 0.05) is 5.92 Å². The van der Waals surface area contributed by atoms with Gasteiger partial charge in [-0.3, -0.25) is 0 Å². The van der Waals surface area contributed by atoms with E-state index in [0.29, 0.717) is 22.6 Å². The van der Waals surface area contributed by atoms with Gasteiger partial charge >= 0.3 is 0 Å². The minimum Gasteiger partial charge on any atom is -0.369 e. The van der Waals surface area contributed by atoms with Crippen molar-refractivity contribution >= 4 is 18.2 Å². The molecule has 2 aromatic rings. The number of rotatable bonds is 2. The number of benzene rings is 1. The van der Waals surface area contributed by atoms with Crippen molar-refractivity contribution in [2.75, 3.05) is 5.73 Å². The van der Waals surface area contributed by atoms with E-state index < -0.39 is 0 Å². The molecule has 1 saturated carbocycles. The molecule has 0 amide bonds. The zero-order valence-corrected chi connectivity index (χ0v) is 9.95. The second-order valence-corrected chi connectivity index (χ2v) is 4.63. The molecule has 3 N–H and O–H groups in total. The van der Waals surface area contributed by atoms with Crippen LogP contribution in [-0.2, 0) is 0 Å². The lowest BCUT2D eigenvalue weighted by atomic mass is 10.1. The molecule has 2 unspecified atom stereocenters. The zero-order chi connectivity index (χ0) is 11.8. The third kappa shape index (κ3) is 2.06. The normalized spacial score (nSPS) is 22.4. The fourth-order valence-corrected chi connectivity index (χ4v) is 2.36. The summed E-state index contributed by atoms with van der Waals surface area (Å²) >= 11 is 4.97. The van der Waals surface area contributed by atoms with Gasteiger partial charge in [-0.05, 0) is 30.1 Å². The molecule has 17 heavy (non-hydrogen) atoms. The van der Waals surface area contributed by atoms with E-state index in [2.05, 4.69) is 39.2 Å². The molecule has 86 valence electrons. The molecule has 2 atom stereocenters. The first-order valence-corrected chi connectivity index (χ1v) is 5.93. The van der Waals surface area contributed by atoms with Gasteiger partial charge in [0.2, 0.25) is 10.7 Å². The molecule has 1 aliphatic carbocycles. The van der Waals surface area contributed by atoms with Gasteiger partial charge < -0.3 is 10.7 Å². The first-order valence-electron chi connectivity index (χ1n) is 5.53. The minimum absolute atomic E-state index is 0.315. The summed E-state index contributed by atoms with van der Waals surface area (Å²) in [5, 5.41) is 0. The highest BCUT2D eigenvalue weighted by molar-refractivity contribution is 7.71. The number of hydrogen-bond donors (Lipinski definition) is 2. The van der Waals surface area contributed by atoms with Crippen molar-refractivity contribution < 1.29 is 0 Å². The van der Waals surface area contributed by atoms with Crippen LogP contribution in [0.1, 0.15) is 29.6 Å². The highest BCUT2D eigenvalue weighted by Crippen LogP contribution is 2.53. The number of nitrogen functional groups attached to an aromatic ring is 1. The number of H-pyrrole nitrogens is 1. The lowest BCUT2D eigenvalue weighted by molar-refractivity contribution is 0.862. The maximum absolute atomic E-state index is 5.64. The van der Waals surface area contributed by atoms with Crippen LogP contribution in [-0.4, -0.2) is 15.0 Å². The molecular weight excluding hydrogens is 232 g/mol. The Labute approximate surface area is 104 Å². The molecule has 0 bridgehead atoms. The molecule has 3 rings (SSSR count). The number of hydrogen-bond acceptors (Lipinski definition) is 4. The Morgan fingerprint density at radius 1 is 1.18 bits per heavy atom. The molecule has 0 radical (unpaired) electrons. The van der Waals surface area contributed by atoms with E-state index >= 15 is 0 Å². The predicted molar refractivity (Wildman–Crippen MR) is 68.2 cm³/mol. The molecule has 0 aliphatic heterocycles. The third-order valence-electron chi connectivity index (χ3n) is 3.06. The summed E-state index contributed by atoms with van der Waals surface area (Å²) in [6.07, 6.45) is 1.09. The van der Waals surface area contributed by atoms with Crippen molar-refractivity contribution in [3.63, 3.8) is 0 Å². The first kappa shape index (κ1) is 10.4. The molecule has 0 saturated heterocycles. The summed E-state index contributed by atoms with van der Waals surface area (Å²) in [5.41, 5.74) is 6.98. The molecule has 4 nitrogen and oxygen atoms in total. The lowest BCUT2D eigenvalue weighted by Gasteiger charge is -2.01.